The van der Waals surface area contributed by atoms with E-state index in [-0.39, 0.29) is 11.8 Å². The number of carbonyl (C=O) groups is 2. The van der Waals surface area contributed by atoms with Crippen LogP contribution in [0.5, 0.6) is 5.75 Å². The number of ether oxygens (including phenoxy) is 1. The van der Waals surface area contributed by atoms with Gasteiger partial charge in [-0.1, -0.05) is 40.2 Å². The van der Waals surface area contributed by atoms with Crippen LogP contribution in [0.3, 0.4) is 0 Å². The van der Waals surface area contributed by atoms with Crippen molar-refractivity contribution < 1.29 is 14.3 Å². The normalized spacial score (nSPS) is 19.9. The van der Waals surface area contributed by atoms with Crippen molar-refractivity contribution in [1.29, 1.82) is 0 Å². The van der Waals surface area contributed by atoms with Crippen molar-refractivity contribution in [3.05, 3.63) is 59.1 Å². The second-order valence-corrected chi connectivity index (χ2v) is 8.56. The lowest BCUT2D eigenvalue weighted by Gasteiger charge is -2.35. The molecule has 7 heteroatoms. The summed E-state index contributed by atoms with van der Waals surface area (Å²) in [7, 11) is 0. The van der Waals surface area contributed by atoms with Crippen molar-refractivity contribution in [1.82, 2.24) is 9.80 Å². The van der Waals surface area contributed by atoms with Gasteiger partial charge in [-0.05, 0) is 36.8 Å². The van der Waals surface area contributed by atoms with E-state index in [1.807, 2.05) is 59.5 Å². The van der Waals surface area contributed by atoms with E-state index in [1.54, 1.807) is 4.90 Å². The highest BCUT2D eigenvalue weighted by molar-refractivity contribution is 9.10. The van der Waals surface area contributed by atoms with E-state index < -0.39 is 5.92 Å². The minimum atomic E-state index is -0.558. The Labute approximate surface area is 185 Å². The first-order valence-electron chi connectivity index (χ1n) is 10.4. The molecule has 1 atom stereocenters. The van der Waals surface area contributed by atoms with Crippen LogP contribution in [0.2, 0.25) is 0 Å². The highest BCUT2D eigenvalue weighted by atomic mass is 79.9. The molecule has 4 rings (SSSR count). The van der Waals surface area contributed by atoms with Crippen LogP contribution in [0.1, 0.15) is 6.42 Å². The molecule has 0 radical (unpaired) electrons. The molecule has 6 nitrogen and oxygen atoms in total. The zero-order valence-electron chi connectivity index (χ0n) is 16.9. The van der Waals surface area contributed by atoms with Gasteiger partial charge in [-0.15, -0.1) is 0 Å². The summed E-state index contributed by atoms with van der Waals surface area (Å²) in [5, 5.41) is 0. The minimum Gasteiger partial charge on any atom is -0.492 e. The van der Waals surface area contributed by atoms with Gasteiger partial charge in [0, 0.05) is 49.4 Å². The summed E-state index contributed by atoms with van der Waals surface area (Å²) < 4.78 is 6.69. The fourth-order valence-electron chi connectivity index (χ4n) is 4.03. The predicted octanol–water partition coefficient (Wildman–Crippen LogP) is 3.03. The number of rotatable bonds is 6. The van der Waals surface area contributed by atoms with E-state index in [0.29, 0.717) is 32.7 Å². The summed E-state index contributed by atoms with van der Waals surface area (Å²) in [6.07, 6.45) is 0.579. The highest BCUT2D eigenvalue weighted by Crippen LogP contribution is 2.28. The first-order valence-corrected chi connectivity index (χ1v) is 11.2. The van der Waals surface area contributed by atoms with Crippen molar-refractivity contribution in [3.63, 3.8) is 0 Å². The van der Waals surface area contributed by atoms with Crippen molar-refractivity contribution in [2.24, 2.45) is 5.92 Å². The van der Waals surface area contributed by atoms with Crippen LogP contribution in [-0.4, -0.2) is 67.5 Å². The van der Waals surface area contributed by atoms with E-state index in [1.165, 1.54) is 0 Å². The Balaban J connectivity index is 1.25. The molecule has 2 aromatic rings. The van der Waals surface area contributed by atoms with Crippen LogP contribution >= 0.6 is 15.9 Å². The lowest BCUT2D eigenvalue weighted by Crippen LogP contribution is -2.51. The quantitative estimate of drug-likeness (QED) is 0.607. The Morgan fingerprint density at radius 3 is 2.50 bits per heavy atom. The molecule has 2 aliphatic heterocycles. The molecule has 0 saturated carbocycles. The van der Waals surface area contributed by atoms with Crippen LogP contribution < -0.4 is 9.64 Å². The number of carbonyl (C=O) groups excluding carboxylic acids is 2. The van der Waals surface area contributed by atoms with Gasteiger partial charge in [-0.25, -0.2) is 0 Å². The Morgan fingerprint density at radius 1 is 1.00 bits per heavy atom. The Kier molecular flexibility index (Phi) is 6.69. The molecule has 158 valence electrons. The number of piperazine rings is 1. The molecule has 2 saturated heterocycles. The number of halogens is 1. The summed E-state index contributed by atoms with van der Waals surface area (Å²) in [5.74, 6) is 0.201. The van der Waals surface area contributed by atoms with Crippen molar-refractivity contribution in [2.75, 3.05) is 50.8 Å². The van der Waals surface area contributed by atoms with Gasteiger partial charge in [0.05, 0.1) is 0 Å². The maximum atomic E-state index is 13.0. The zero-order chi connectivity index (χ0) is 20.9. The molecule has 2 aromatic carbocycles. The summed E-state index contributed by atoms with van der Waals surface area (Å²) in [5.41, 5.74) is 0.841. The van der Waals surface area contributed by atoms with Gasteiger partial charge in [0.15, 0.2) is 0 Å². The molecule has 1 unspecified atom stereocenters. The molecule has 2 heterocycles. The van der Waals surface area contributed by atoms with Crippen molar-refractivity contribution in [2.45, 2.75) is 6.42 Å². The van der Waals surface area contributed by atoms with E-state index >= 15 is 0 Å². The average Bonchev–Trinajstić information content (AvgIpc) is 3.16. The van der Waals surface area contributed by atoms with Crippen LogP contribution in [0.25, 0.3) is 0 Å². The first kappa shape index (κ1) is 20.9. The molecule has 0 aromatic heterocycles. The van der Waals surface area contributed by atoms with E-state index in [4.69, 9.17) is 4.74 Å². The topological polar surface area (TPSA) is 53.1 Å². The fourth-order valence-corrected chi connectivity index (χ4v) is 4.42. The summed E-state index contributed by atoms with van der Waals surface area (Å²) in [6.45, 7) is 4.97. The third-order valence-electron chi connectivity index (χ3n) is 5.73. The lowest BCUT2D eigenvalue weighted by atomic mass is 10.1. The molecular formula is C23H26BrN3O3. The lowest BCUT2D eigenvalue weighted by molar-refractivity contribution is -0.141. The van der Waals surface area contributed by atoms with Crippen molar-refractivity contribution >= 4 is 33.4 Å². The molecule has 2 amide bonds. The number of para-hydroxylation sites is 1. The number of hydrogen-bond acceptors (Lipinski definition) is 4. The molecule has 0 aliphatic carbocycles. The maximum absolute atomic E-state index is 13.0. The maximum Gasteiger partial charge on any atom is 0.239 e. The van der Waals surface area contributed by atoms with Gasteiger partial charge in [0.25, 0.3) is 0 Å². The van der Waals surface area contributed by atoms with Crippen molar-refractivity contribution in [3.8, 4) is 5.75 Å². The van der Waals surface area contributed by atoms with Gasteiger partial charge in [0.2, 0.25) is 11.8 Å². The number of nitrogens with zero attached hydrogens (tertiary/aromatic N) is 3. The van der Waals surface area contributed by atoms with Gasteiger partial charge >= 0.3 is 0 Å². The highest BCUT2D eigenvalue weighted by Gasteiger charge is 2.40. The minimum absolute atomic E-state index is 0.0299. The summed E-state index contributed by atoms with van der Waals surface area (Å²) in [4.78, 5) is 31.7. The van der Waals surface area contributed by atoms with E-state index in [2.05, 4.69) is 20.8 Å². The standard InChI is InChI=1S/C23H26BrN3O3/c24-18-5-4-6-19(17-18)27-10-9-21(23(27)29)22(28)26-13-11-25(12-14-26)15-16-30-20-7-2-1-3-8-20/h1-8,17,21H,9-16H2. The van der Waals surface area contributed by atoms with Crippen LogP contribution in [0.4, 0.5) is 5.69 Å². The first-order chi connectivity index (χ1) is 14.6. The fraction of sp³-hybridized carbons (Fsp3) is 0.391. The van der Waals surface area contributed by atoms with Crippen LogP contribution in [0, 0.1) is 5.92 Å². The number of amides is 2. The third kappa shape index (κ3) is 4.84. The Hall–Kier alpha value is -2.38. The molecule has 30 heavy (non-hydrogen) atoms. The smallest absolute Gasteiger partial charge is 0.239 e. The zero-order valence-corrected chi connectivity index (χ0v) is 18.5. The molecule has 2 fully saturated rings. The average molecular weight is 472 g/mol. The summed E-state index contributed by atoms with van der Waals surface area (Å²) in [6, 6.07) is 17.4. The van der Waals surface area contributed by atoms with Gasteiger partial charge in [-0.2, -0.15) is 0 Å². The monoisotopic (exact) mass is 471 g/mol. The van der Waals surface area contributed by atoms with Gasteiger partial charge < -0.3 is 14.5 Å². The number of hydrogen-bond donors (Lipinski definition) is 0. The molecule has 0 spiro atoms. The van der Waals surface area contributed by atoms with E-state index in [9.17, 15) is 9.59 Å². The predicted molar refractivity (Wildman–Crippen MR) is 120 cm³/mol. The summed E-state index contributed by atoms with van der Waals surface area (Å²) >= 11 is 3.45. The molecular weight excluding hydrogens is 446 g/mol. The second-order valence-electron chi connectivity index (χ2n) is 7.64. The van der Waals surface area contributed by atoms with Crippen LogP contribution in [-0.2, 0) is 9.59 Å². The number of anilines is 1. The van der Waals surface area contributed by atoms with Gasteiger partial charge in [0.1, 0.15) is 18.3 Å². The van der Waals surface area contributed by atoms with E-state index in [0.717, 1.165) is 35.5 Å². The number of benzene rings is 2. The van der Waals surface area contributed by atoms with Crippen LogP contribution in [0.15, 0.2) is 59.1 Å². The van der Waals surface area contributed by atoms with Gasteiger partial charge in [-0.3, -0.25) is 14.5 Å². The Morgan fingerprint density at radius 2 is 1.77 bits per heavy atom. The largest absolute Gasteiger partial charge is 0.492 e. The molecule has 0 N–H and O–H groups in total. The SMILES string of the molecule is O=C(C1CCN(c2cccc(Br)c2)C1=O)N1CCN(CCOc2ccccc2)CC1. The second kappa shape index (κ2) is 9.62. The molecule has 2 aliphatic rings. The third-order valence-corrected chi connectivity index (χ3v) is 6.22. The molecule has 0 bridgehead atoms. The Bertz CT molecular complexity index is 884.